The van der Waals surface area contributed by atoms with Gasteiger partial charge in [0.1, 0.15) is 0 Å². The smallest absolute Gasteiger partial charge is 0.412 e. The predicted molar refractivity (Wildman–Crippen MR) is 125 cm³/mol. The molecule has 0 aliphatic rings. The van der Waals surface area contributed by atoms with Gasteiger partial charge < -0.3 is 5.48 Å². The minimum absolute atomic E-state index is 0. The van der Waals surface area contributed by atoms with Gasteiger partial charge in [-0.25, -0.2) is 0 Å². The van der Waals surface area contributed by atoms with Crippen molar-refractivity contribution >= 4 is 19.8 Å². The zero-order valence-electron chi connectivity index (χ0n) is 18.9. The van der Waals surface area contributed by atoms with Gasteiger partial charge in [-0.3, -0.25) is 0 Å². The fourth-order valence-electron chi connectivity index (χ4n) is 4.07. The van der Waals surface area contributed by atoms with Crippen LogP contribution in [0.3, 0.4) is 0 Å². The maximum Gasteiger partial charge on any atom is -0.412 e. The Morgan fingerprint density at radius 3 is 0.846 bits per heavy atom. The number of hydrogen-bond donors (Lipinski definition) is 0. The van der Waals surface area contributed by atoms with Gasteiger partial charge in [0.05, 0.1) is 0 Å². The van der Waals surface area contributed by atoms with Gasteiger partial charge in [-0.05, 0) is 0 Å². The summed E-state index contributed by atoms with van der Waals surface area (Å²) in [6.45, 7) is 6.98. The van der Waals surface area contributed by atoms with E-state index in [1.807, 2.05) is 0 Å². The van der Waals surface area contributed by atoms with Crippen LogP contribution in [0.5, 0.6) is 0 Å². The fourth-order valence-corrected chi connectivity index (χ4v) is 14.0. The molecule has 0 aliphatic carbocycles. The predicted octanol–water partition coefficient (Wildman–Crippen LogP) is 8.47. The Hall–Kier alpha value is 0.759. The summed E-state index contributed by atoms with van der Waals surface area (Å²) >= 11 is -1.16. The van der Waals surface area contributed by atoms with E-state index in [-0.39, 0.29) is 5.48 Å². The van der Waals surface area contributed by atoms with Gasteiger partial charge in [0.2, 0.25) is 0 Å². The molecular weight excluding hydrogens is 423 g/mol. The summed E-state index contributed by atoms with van der Waals surface area (Å²) in [5.74, 6) is 0. The molecule has 26 heavy (non-hydrogen) atoms. The standard InChI is InChI=1S/3C8H17.H2O.Sn.H/c3*1-3-5-7-8-6-4-2;;;/h3*1,3-8H2,2H3;1H2;;. The molecule has 0 aromatic rings. The van der Waals surface area contributed by atoms with Crippen molar-refractivity contribution in [2.24, 2.45) is 0 Å². The molecule has 160 valence electrons. The van der Waals surface area contributed by atoms with E-state index < -0.39 is 19.8 Å². The van der Waals surface area contributed by atoms with Gasteiger partial charge in [0.25, 0.3) is 0 Å². The van der Waals surface area contributed by atoms with Crippen LogP contribution in [0.2, 0.25) is 13.3 Å². The molecule has 0 atom stereocenters. The Balaban J connectivity index is 0. The van der Waals surface area contributed by atoms with Crippen molar-refractivity contribution in [2.45, 2.75) is 150 Å². The monoisotopic (exact) mass is 478 g/mol. The quantitative estimate of drug-likeness (QED) is 0.117. The summed E-state index contributed by atoms with van der Waals surface area (Å²) in [5.41, 5.74) is 0. The van der Waals surface area contributed by atoms with E-state index >= 15 is 0 Å². The van der Waals surface area contributed by atoms with Crippen LogP contribution in [0.1, 0.15) is 136 Å². The molecule has 1 nitrogen and oxygen atoms in total. The molecular formula is C24H54OSn. The van der Waals surface area contributed by atoms with Gasteiger partial charge in [0.15, 0.2) is 0 Å². The van der Waals surface area contributed by atoms with E-state index in [0.29, 0.717) is 0 Å². The molecule has 2 heteroatoms. The average Bonchev–Trinajstić information content (AvgIpc) is 2.63. The molecule has 0 spiro atoms. The van der Waals surface area contributed by atoms with Crippen LogP contribution in [0.25, 0.3) is 0 Å². The van der Waals surface area contributed by atoms with Crippen LogP contribution in [0, 0.1) is 0 Å². The third-order valence-corrected chi connectivity index (χ3v) is 16.4. The van der Waals surface area contributed by atoms with E-state index in [4.69, 9.17) is 0 Å². The fraction of sp³-hybridized carbons (Fsp3) is 1.00. The van der Waals surface area contributed by atoms with Crippen molar-refractivity contribution in [2.75, 3.05) is 0 Å². The molecule has 0 saturated carbocycles. The maximum atomic E-state index is 2.33. The Kier molecular flexibility index (Phi) is 28.7. The Bertz CT molecular complexity index is 194. The van der Waals surface area contributed by atoms with Crippen LogP contribution in [0.15, 0.2) is 0 Å². The molecule has 0 unspecified atom stereocenters. The summed E-state index contributed by atoms with van der Waals surface area (Å²) in [6.07, 6.45) is 27.0. The maximum absolute atomic E-state index is 2.33. The second-order valence-corrected chi connectivity index (χ2v) is 18.4. The summed E-state index contributed by atoms with van der Waals surface area (Å²) in [7, 11) is 0. The van der Waals surface area contributed by atoms with Crippen LogP contribution < -0.4 is 0 Å². The largest absolute Gasteiger partial charge is 0.412 e. The zero-order chi connectivity index (χ0) is 18.4. The Morgan fingerprint density at radius 1 is 0.346 bits per heavy atom. The Morgan fingerprint density at radius 2 is 0.577 bits per heavy atom. The van der Waals surface area contributed by atoms with Crippen LogP contribution in [-0.2, 0) is 0 Å². The molecule has 2 N–H and O–H groups in total. The molecule has 0 aliphatic heterocycles. The number of unbranched alkanes of at least 4 members (excludes halogenated alkanes) is 15. The number of hydrogen-bond acceptors (Lipinski definition) is 0. The average molecular weight is 477 g/mol. The van der Waals surface area contributed by atoms with Crippen molar-refractivity contribution in [1.82, 2.24) is 0 Å². The molecule has 0 bridgehead atoms. The van der Waals surface area contributed by atoms with Crippen molar-refractivity contribution in [3.8, 4) is 0 Å². The summed E-state index contributed by atoms with van der Waals surface area (Å²) in [5, 5.41) is 0. The minimum Gasteiger partial charge on any atom is -0.412 e. The molecule has 0 rings (SSSR count). The minimum atomic E-state index is -1.16. The molecule has 0 amide bonds. The van der Waals surface area contributed by atoms with E-state index in [0.717, 1.165) is 0 Å². The molecule has 0 radical (unpaired) electrons. The van der Waals surface area contributed by atoms with Gasteiger partial charge in [-0.1, -0.05) is 0 Å². The summed E-state index contributed by atoms with van der Waals surface area (Å²) < 4.78 is 5.20. The first kappa shape index (κ1) is 29.0. The SMILES string of the molecule is CCCCCCC[CH2][SnH]([CH2]CCCCCCC)[CH2]CCCCCCC.O. The van der Waals surface area contributed by atoms with E-state index in [9.17, 15) is 0 Å². The van der Waals surface area contributed by atoms with E-state index in [2.05, 4.69) is 20.8 Å². The van der Waals surface area contributed by atoms with Gasteiger partial charge in [0, 0.05) is 0 Å². The van der Waals surface area contributed by atoms with E-state index in [1.165, 1.54) is 77.0 Å². The molecule has 0 saturated heterocycles. The third-order valence-electron chi connectivity index (χ3n) is 5.90. The topological polar surface area (TPSA) is 31.5 Å². The Labute approximate surface area is 174 Å². The summed E-state index contributed by atoms with van der Waals surface area (Å²) in [6, 6.07) is 0. The van der Waals surface area contributed by atoms with E-state index in [1.54, 1.807) is 51.8 Å². The van der Waals surface area contributed by atoms with Crippen molar-refractivity contribution in [3.63, 3.8) is 0 Å². The zero-order valence-corrected chi connectivity index (χ0v) is 22.2. The molecule has 0 fully saturated rings. The molecule has 0 heterocycles. The normalized spacial score (nSPS) is 11.1. The first-order chi connectivity index (χ1) is 12.3. The molecule has 0 aromatic carbocycles. The van der Waals surface area contributed by atoms with Crippen molar-refractivity contribution < 1.29 is 5.48 Å². The molecule has 0 aromatic heterocycles. The second kappa shape index (κ2) is 25.8. The second-order valence-electron chi connectivity index (χ2n) is 8.54. The van der Waals surface area contributed by atoms with Crippen molar-refractivity contribution in [3.05, 3.63) is 0 Å². The van der Waals surface area contributed by atoms with Crippen LogP contribution in [0.4, 0.5) is 0 Å². The third kappa shape index (κ3) is 22.8. The van der Waals surface area contributed by atoms with Crippen molar-refractivity contribution in [1.29, 1.82) is 0 Å². The van der Waals surface area contributed by atoms with Crippen LogP contribution in [-0.4, -0.2) is 25.2 Å². The van der Waals surface area contributed by atoms with Gasteiger partial charge in [-0.2, -0.15) is 0 Å². The summed E-state index contributed by atoms with van der Waals surface area (Å²) in [4.78, 5) is 0. The number of rotatable bonds is 21. The van der Waals surface area contributed by atoms with Crippen LogP contribution >= 0.6 is 0 Å². The van der Waals surface area contributed by atoms with Gasteiger partial charge in [-0.15, -0.1) is 0 Å². The van der Waals surface area contributed by atoms with Gasteiger partial charge >= 0.3 is 169 Å². The first-order valence-electron chi connectivity index (χ1n) is 12.3. The first-order valence-corrected chi connectivity index (χ1v) is 19.3.